The Labute approximate surface area is 422 Å². The Bertz CT molecular complexity index is 3230. The summed E-state index contributed by atoms with van der Waals surface area (Å²) in [7, 11) is 7.61. The Morgan fingerprint density at radius 2 is 1.35 bits per heavy atom. The second kappa shape index (κ2) is 14.1. The van der Waals surface area contributed by atoms with Crippen LogP contribution in [0.1, 0.15) is 72.9 Å². The van der Waals surface area contributed by atoms with Crippen molar-refractivity contribution in [2.75, 3.05) is 114 Å². The molecule has 72 heavy (non-hydrogen) atoms. The lowest BCUT2D eigenvalue weighted by Crippen LogP contribution is -2.56. The highest BCUT2D eigenvalue weighted by Gasteiger charge is 2.84. The van der Waals surface area contributed by atoms with Gasteiger partial charge in [-0.05, 0) is 147 Å². The Morgan fingerprint density at radius 3 is 2.11 bits per heavy atom. The number of allylic oxidation sites excluding steroid dienone is 10. The van der Waals surface area contributed by atoms with Crippen molar-refractivity contribution < 1.29 is 42.6 Å². The smallest absolute Gasteiger partial charge is 0.204 e. The van der Waals surface area contributed by atoms with E-state index in [2.05, 4.69) is 43.2 Å². The van der Waals surface area contributed by atoms with Gasteiger partial charge >= 0.3 is 0 Å². The van der Waals surface area contributed by atoms with Gasteiger partial charge in [-0.2, -0.15) is 0 Å². The molecule has 5 fully saturated rings. The summed E-state index contributed by atoms with van der Waals surface area (Å²) in [5.41, 5.74) is 27.8. The maximum Gasteiger partial charge on any atom is 0.204 e. The van der Waals surface area contributed by atoms with E-state index in [0.29, 0.717) is 156 Å². The molecular formula is C62H67NO9. The second-order valence-electron chi connectivity index (χ2n) is 25.1. The van der Waals surface area contributed by atoms with Crippen molar-refractivity contribution in [2.45, 2.75) is 55.9 Å². The average molecular weight is 970 g/mol. The van der Waals surface area contributed by atoms with Gasteiger partial charge in [-0.15, -0.1) is 0 Å². The zero-order valence-electron chi connectivity index (χ0n) is 42.6. The topological polar surface area (TPSA) is 86.3 Å². The van der Waals surface area contributed by atoms with E-state index in [1.54, 1.807) is 42.9 Å². The lowest BCUT2D eigenvalue weighted by Gasteiger charge is -2.56. The molecule has 15 unspecified atom stereocenters. The molecule has 15 atom stereocenters. The van der Waals surface area contributed by atoms with E-state index in [1.807, 2.05) is 66.9 Å². The van der Waals surface area contributed by atoms with Gasteiger partial charge in [0.15, 0.2) is 11.5 Å². The van der Waals surface area contributed by atoms with E-state index >= 15 is 0 Å². The van der Waals surface area contributed by atoms with E-state index in [1.165, 1.54) is 37.7 Å². The van der Waals surface area contributed by atoms with Crippen LogP contribution >= 0.6 is 0 Å². The number of hydrogen-bond acceptors (Lipinski definition) is 10. The van der Waals surface area contributed by atoms with Crippen LogP contribution in [0, 0.1) is 70.5 Å². The summed E-state index contributed by atoms with van der Waals surface area (Å²) in [6, 6.07) is 4.66. The molecule has 0 N–H and O–H groups in total. The Hall–Kier alpha value is -4.00. The minimum atomic E-state index is 0.0679. The molecule has 1 heterocycles. The maximum absolute atomic E-state index is 7.18. The van der Waals surface area contributed by atoms with Crippen molar-refractivity contribution >= 4 is 22.3 Å². The standard InChI is InChI=1S/C62H67NO9/c1-60-25-33-32-24-36-51-29-6-7-30-40-41(29)56-50-46-45-39-34-26-61(55(40)47(39)50)27-63(2)57(43(52(30)61)28-8-10-35(60)44(38(28)34)49(45)54(60)42(33)48(46)53(32)62(36,51)56)31-9-11-37(70-21-18-67-15-12-64-3)59(72-23-20-69-17-14-66-5)58(31)71-22-19-68-16-13-65-4/h9,11,24-25,28,32,35,38,42-44,51-54,57H,6-8,10,12-23,26-27H2,1-5H3. The molecule has 374 valence electrons. The minimum absolute atomic E-state index is 0.0679. The van der Waals surface area contributed by atoms with Gasteiger partial charge in [0.05, 0.1) is 59.5 Å². The van der Waals surface area contributed by atoms with Crippen LogP contribution in [0.25, 0.3) is 22.3 Å². The normalized spacial score (nSPS) is 40.5. The number of fused-ring (bicyclic) bond motifs is 5. The zero-order chi connectivity index (χ0) is 47.5. The van der Waals surface area contributed by atoms with E-state index in [9.17, 15) is 0 Å². The fraction of sp³-hybridized carbons (Fsp3) is 0.613. The minimum Gasteiger partial charge on any atom is -0.487 e. The first-order chi connectivity index (χ1) is 35.5. The molecule has 18 rings (SSSR count). The summed E-state index contributed by atoms with van der Waals surface area (Å²) in [4.78, 5) is 2.84. The zero-order valence-corrected chi connectivity index (χ0v) is 42.6. The van der Waals surface area contributed by atoms with Crippen LogP contribution in [-0.4, -0.2) is 119 Å². The van der Waals surface area contributed by atoms with Gasteiger partial charge < -0.3 is 42.6 Å². The van der Waals surface area contributed by atoms with Crippen molar-refractivity contribution in [3.63, 3.8) is 0 Å². The largest absolute Gasteiger partial charge is 0.487 e. The Morgan fingerprint density at radius 1 is 0.653 bits per heavy atom. The van der Waals surface area contributed by atoms with Crippen molar-refractivity contribution in [3.8, 4) is 17.2 Å². The lowest BCUT2D eigenvalue weighted by atomic mass is 9.53. The number of rotatable bonds is 22. The molecule has 2 aromatic rings. The predicted octanol–water partition coefficient (Wildman–Crippen LogP) is 6.87. The molecule has 4 saturated carbocycles. The molecule has 16 aliphatic rings. The number of benzene rings is 2. The van der Waals surface area contributed by atoms with Gasteiger partial charge in [-0.25, -0.2) is 0 Å². The Balaban J connectivity index is 0.848. The molecule has 2 aromatic carbocycles. The third kappa shape index (κ3) is 4.39. The highest BCUT2D eigenvalue weighted by molar-refractivity contribution is 6.17. The number of nitrogens with zero attached hydrogens (tertiary/aromatic N) is 1. The monoisotopic (exact) mass is 969 g/mol. The van der Waals surface area contributed by atoms with Crippen LogP contribution in [0.2, 0.25) is 0 Å². The van der Waals surface area contributed by atoms with Crippen LogP contribution in [0.4, 0.5) is 0 Å². The number of hydrogen-bond donors (Lipinski definition) is 0. The molecule has 2 spiro atoms. The van der Waals surface area contributed by atoms with Gasteiger partial charge in [0.25, 0.3) is 0 Å². The van der Waals surface area contributed by atoms with E-state index < -0.39 is 0 Å². The highest BCUT2D eigenvalue weighted by atomic mass is 16.6. The Kier molecular flexibility index (Phi) is 8.26. The predicted molar refractivity (Wildman–Crippen MR) is 269 cm³/mol. The van der Waals surface area contributed by atoms with E-state index in [4.69, 9.17) is 42.6 Å². The molecule has 10 heteroatoms. The molecule has 0 aromatic heterocycles. The van der Waals surface area contributed by atoms with Crippen LogP contribution in [0.15, 0.2) is 57.7 Å². The summed E-state index contributed by atoms with van der Waals surface area (Å²) in [5.74, 6) is 8.73. The molecule has 7 bridgehead atoms. The summed E-state index contributed by atoms with van der Waals surface area (Å²) < 4.78 is 54.6. The quantitative estimate of drug-likeness (QED) is 0.0922. The van der Waals surface area contributed by atoms with Crippen molar-refractivity contribution in [1.82, 2.24) is 4.90 Å². The maximum atomic E-state index is 7.18. The first kappa shape index (κ1) is 42.2. The summed E-state index contributed by atoms with van der Waals surface area (Å²) in [6.45, 7) is 9.41. The van der Waals surface area contributed by atoms with Crippen LogP contribution in [0.3, 0.4) is 0 Å². The van der Waals surface area contributed by atoms with Crippen molar-refractivity contribution in [3.05, 3.63) is 96.0 Å². The highest BCUT2D eigenvalue weighted by Crippen LogP contribution is 2.90. The third-order valence-electron chi connectivity index (χ3n) is 23.1. The molecular weight excluding hydrogens is 903 g/mol. The van der Waals surface area contributed by atoms with Gasteiger partial charge in [0, 0.05) is 79.9 Å². The third-order valence-corrected chi connectivity index (χ3v) is 23.1. The number of likely N-dealkylation sites (tertiary alicyclic amines) is 1. The lowest BCUT2D eigenvalue weighted by molar-refractivity contribution is -0.0277. The van der Waals surface area contributed by atoms with E-state index in [-0.39, 0.29) is 22.3 Å². The summed E-state index contributed by atoms with van der Waals surface area (Å²) in [6.07, 6.45) is 12.3. The number of ether oxygens (including phenoxy) is 9. The van der Waals surface area contributed by atoms with Crippen LogP contribution in [-0.2, 0) is 39.3 Å². The average Bonchev–Trinajstić information content (AvgIpc) is 4.07. The first-order valence-corrected chi connectivity index (χ1v) is 28.1. The second-order valence-corrected chi connectivity index (χ2v) is 25.1. The van der Waals surface area contributed by atoms with Gasteiger partial charge in [0.2, 0.25) is 5.75 Å². The van der Waals surface area contributed by atoms with Crippen LogP contribution in [0.5, 0.6) is 17.2 Å². The first-order valence-electron chi connectivity index (χ1n) is 28.1. The SMILES string of the molecule is COCCOCCOc1ccc(C2C3C4CCC5C6C7=C8C9=C(CC%10(CN2C)c2c9c9c%11c%12c2=C(CCC=%12C2C%12=CC%13C%14=CC5(C)C7C%14C(=C89)C%13C%12%112)C3%10)C46)c(OCCOCCOC)c1OCCOCCOC. The fourth-order valence-electron chi connectivity index (χ4n) is 22.0. The van der Waals surface area contributed by atoms with Gasteiger partial charge in [0.1, 0.15) is 19.8 Å². The fourth-order valence-corrected chi connectivity index (χ4v) is 22.0. The van der Waals surface area contributed by atoms with Gasteiger partial charge in [-0.3, -0.25) is 4.90 Å². The molecule has 1 aliphatic heterocycles. The molecule has 15 aliphatic carbocycles. The van der Waals surface area contributed by atoms with Crippen molar-refractivity contribution in [2.24, 2.45) is 70.5 Å². The van der Waals surface area contributed by atoms with Crippen molar-refractivity contribution in [1.29, 1.82) is 0 Å². The molecule has 0 radical (unpaired) electrons. The molecule has 1 saturated heterocycles. The van der Waals surface area contributed by atoms with E-state index in [0.717, 1.165) is 12.3 Å². The molecule has 10 nitrogen and oxygen atoms in total. The van der Waals surface area contributed by atoms with Gasteiger partial charge in [-0.1, -0.05) is 52.5 Å². The summed E-state index contributed by atoms with van der Waals surface area (Å²) in [5, 5.41) is 3.59. The number of methoxy groups -OCH3 is 3. The number of piperidine rings is 1. The number of likely N-dealkylation sites (N-methyl/N-ethyl adjacent to an activating group) is 1. The molecule has 0 amide bonds. The summed E-state index contributed by atoms with van der Waals surface area (Å²) >= 11 is 0. The van der Waals surface area contributed by atoms with Crippen LogP contribution < -0.4 is 24.6 Å².